The molecule has 1 saturated heterocycles. The Morgan fingerprint density at radius 1 is 1.05 bits per heavy atom. The Balaban J connectivity index is 1.52. The monoisotopic (exact) mass is 501 g/mol. The van der Waals surface area contributed by atoms with Crippen LogP contribution in [0.25, 0.3) is 21.9 Å². The number of aromatic nitrogens is 4. The van der Waals surface area contributed by atoms with Gasteiger partial charge in [-0.05, 0) is 44.2 Å². The first-order chi connectivity index (χ1) is 17.6. The van der Waals surface area contributed by atoms with Crippen LogP contribution >= 0.6 is 0 Å². The standard InChI is InChI=1S/C28H32FN7O/c1-17-21(29)9-8-19-15-20(18(2)33-25-24-22(31-16-32-25)7-6-10-30-24)26(34-23(17)19)35-11-13-36(14-12-35)27(37)28(3,4)5/h6-10,15-16,18H,11-14H2,1-5H3,(H,31,32,33). The molecule has 37 heavy (non-hydrogen) atoms. The molecule has 1 amide bonds. The molecule has 3 aromatic heterocycles. The van der Waals surface area contributed by atoms with Crippen LogP contribution in [0.3, 0.4) is 0 Å². The van der Waals surface area contributed by atoms with E-state index < -0.39 is 5.41 Å². The van der Waals surface area contributed by atoms with Crippen LogP contribution in [0.15, 0.2) is 42.9 Å². The minimum absolute atomic E-state index is 0.148. The predicted octanol–water partition coefficient (Wildman–Crippen LogP) is 4.89. The van der Waals surface area contributed by atoms with Crippen molar-refractivity contribution in [3.8, 4) is 0 Å². The molecule has 1 N–H and O–H groups in total. The van der Waals surface area contributed by atoms with Gasteiger partial charge in [-0.25, -0.2) is 19.3 Å². The summed E-state index contributed by atoms with van der Waals surface area (Å²) in [6.45, 7) is 12.2. The third-order valence-electron chi connectivity index (χ3n) is 6.91. The minimum atomic E-state index is -0.421. The number of amides is 1. The lowest BCUT2D eigenvalue weighted by Crippen LogP contribution is -2.52. The van der Waals surface area contributed by atoms with Crippen molar-refractivity contribution in [1.82, 2.24) is 24.8 Å². The van der Waals surface area contributed by atoms with Crippen LogP contribution in [0.2, 0.25) is 0 Å². The fourth-order valence-electron chi connectivity index (χ4n) is 4.81. The SMILES string of the molecule is Cc1c(F)ccc2cc(C(C)Nc3ncnc4cccnc34)c(N3CCN(C(=O)C(C)(C)C)CC3)nc12. The number of nitrogens with one attached hydrogen (secondary N) is 1. The lowest BCUT2D eigenvalue weighted by Gasteiger charge is -2.39. The van der Waals surface area contributed by atoms with Gasteiger partial charge in [0.1, 0.15) is 23.5 Å². The van der Waals surface area contributed by atoms with Crippen LogP contribution in [-0.2, 0) is 4.79 Å². The van der Waals surface area contributed by atoms with Crippen LogP contribution in [0.4, 0.5) is 16.0 Å². The van der Waals surface area contributed by atoms with Gasteiger partial charge in [0.2, 0.25) is 5.91 Å². The smallest absolute Gasteiger partial charge is 0.228 e. The summed E-state index contributed by atoms with van der Waals surface area (Å²) in [4.78, 5) is 35.2. The van der Waals surface area contributed by atoms with Gasteiger partial charge < -0.3 is 15.1 Å². The van der Waals surface area contributed by atoms with Crippen molar-refractivity contribution >= 4 is 39.5 Å². The summed E-state index contributed by atoms with van der Waals surface area (Å²) in [7, 11) is 0. The molecule has 1 atom stereocenters. The molecule has 4 aromatic rings. The van der Waals surface area contributed by atoms with Crippen LogP contribution in [0.5, 0.6) is 0 Å². The van der Waals surface area contributed by atoms with E-state index in [1.165, 1.54) is 12.4 Å². The normalized spacial score (nSPS) is 15.3. The van der Waals surface area contributed by atoms with Crippen LogP contribution in [-0.4, -0.2) is 56.9 Å². The second kappa shape index (κ2) is 9.53. The molecular formula is C28H32FN7O. The predicted molar refractivity (Wildman–Crippen MR) is 144 cm³/mol. The number of anilines is 2. The highest BCUT2D eigenvalue weighted by Crippen LogP contribution is 2.33. The maximum Gasteiger partial charge on any atom is 0.228 e. The number of nitrogens with zero attached hydrogens (tertiary/aromatic N) is 6. The number of fused-ring (bicyclic) bond motifs is 2. The van der Waals surface area contributed by atoms with Crippen molar-refractivity contribution < 1.29 is 9.18 Å². The summed E-state index contributed by atoms with van der Waals surface area (Å²) in [6.07, 6.45) is 3.25. The third kappa shape index (κ3) is 4.77. The first-order valence-corrected chi connectivity index (χ1v) is 12.6. The summed E-state index contributed by atoms with van der Waals surface area (Å²) in [5, 5.41) is 4.37. The molecule has 1 aliphatic rings. The maximum atomic E-state index is 14.4. The first kappa shape index (κ1) is 24.8. The Bertz CT molecular complexity index is 1470. The van der Waals surface area contributed by atoms with Gasteiger partial charge in [-0.15, -0.1) is 0 Å². The van der Waals surface area contributed by atoms with E-state index in [0.29, 0.717) is 48.6 Å². The third-order valence-corrected chi connectivity index (χ3v) is 6.91. The summed E-state index contributed by atoms with van der Waals surface area (Å²) in [5.41, 5.74) is 3.17. The van der Waals surface area contributed by atoms with E-state index in [-0.39, 0.29) is 17.8 Å². The first-order valence-electron chi connectivity index (χ1n) is 12.6. The molecule has 0 saturated carbocycles. The largest absolute Gasteiger partial charge is 0.361 e. The zero-order chi connectivity index (χ0) is 26.3. The van der Waals surface area contributed by atoms with Crippen LogP contribution in [0.1, 0.15) is 44.9 Å². The van der Waals surface area contributed by atoms with Gasteiger partial charge in [0.05, 0.1) is 17.1 Å². The van der Waals surface area contributed by atoms with Crippen LogP contribution in [0, 0.1) is 18.2 Å². The molecule has 9 heteroatoms. The summed E-state index contributed by atoms with van der Waals surface area (Å²) in [6, 6.07) is 8.90. The quantitative estimate of drug-likeness (QED) is 0.426. The number of benzene rings is 1. The molecular weight excluding hydrogens is 469 g/mol. The Morgan fingerprint density at radius 3 is 2.54 bits per heavy atom. The van der Waals surface area contributed by atoms with Gasteiger partial charge in [-0.3, -0.25) is 9.78 Å². The summed E-state index contributed by atoms with van der Waals surface area (Å²) in [5.74, 6) is 1.30. The molecule has 5 rings (SSSR count). The number of rotatable bonds is 4. The number of halogens is 1. The van der Waals surface area contributed by atoms with E-state index in [2.05, 4.69) is 38.2 Å². The zero-order valence-electron chi connectivity index (χ0n) is 21.9. The molecule has 1 fully saturated rings. The highest BCUT2D eigenvalue weighted by Gasteiger charge is 2.31. The molecule has 192 valence electrons. The van der Waals surface area contributed by atoms with Gasteiger partial charge in [-0.2, -0.15) is 0 Å². The van der Waals surface area contributed by atoms with Crippen molar-refractivity contribution in [3.63, 3.8) is 0 Å². The van der Waals surface area contributed by atoms with Gasteiger partial charge in [0, 0.05) is 54.3 Å². The lowest BCUT2D eigenvalue weighted by molar-refractivity contribution is -0.139. The van der Waals surface area contributed by atoms with Crippen LogP contribution < -0.4 is 10.2 Å². The molecule has 1 aromatic carbocycles. The van der Waals surface area contributed by atoms with E-state index in [9.17, 15) is 9.18 Å². The highest BCUT2D eigenvalue weighted by atomic mass is 19.1. The summed E-state index contributed by atoms with van der Waals surface area (Å²) >= 11 is 0. The van der Waals surface area contributed by atoms with Crippen molar-refractivity contribution in [2.24, 2.45) is 5.41 Å². The molecule has 0 radical (unpaired) electrons. The van der Waals surface area contributed by atoms with Crippen molar-refractivity contribution in [2.75, 3.05) is 36.4 Å². The number of carbonyl (C=O) groups is 1. The Morgan fingerprint density at radius 2 is 1.81 bits per heavy atom. The van der Waals surface area contributed by atoms with E-state index in [1.54, 1.807) is 19.2 Å². The van der Waals surface area contributed by atoms with E-state index in [1.807, 2.05) is 37.8 Å². The topological polar surface area (TPSA) is 87.1 Å². The Hall–Kier alpha value is -3.88. The maximum absolute atomic E-state index is 14.4. The molecule has 1 aliphatic heterocycles. The second-order valence-electron chi connectivity index (χ2n) is 10.6. The highest BCUT2D eigenvalue weighted by molar-refractivity contribution is 5.87. The van der Waals surface area contributed by atoms with Gasteiger partial charge in [0.15, 0.2) is 5.82 Å². The average molecular weight is 502 g/mol. The number of pyridine rings is 2. The fraction of sp³-hybridized carbons (Fsp3) is 0.393. The number of piperazine rings is 1. The molecule has 1 unspecified atom stereocenters. The molecule has 0 bridgehead atoms. The minimum Gasteiger partial charge on any atom is -0.361 e. The van der Waals surface area contributed by atoms with Gasteiger partial charge in [-0.1, -0.05) is 20.8 Å². The van der Waals surface area contributed by atoms with Crippen molar-refractivity contribution in [2.45, 2.75) is 40.7 Å². The Labute approximate surface area is 216 Å². The number of hydrogen-bond donors (Lipinski definition) is 1. The van der Waals surface area contributed by atoms with E-state index in [0.717, 1.165) is 22.3 Å². The number of carbonyl (C=O) groups excluding carboxylic acids is 1. The van der Waals surface area contributed by atoms with Gasteiger partial charge >= 0.3 is 0 Å². The molecule has 0 spiro atoms. The summed E-state index contributed by atoms with van der Waals surface area (Å²) < 4.78 is 14.4. The average Bonchev–Trinajstić information content (AvgIpc) is 2.89. The second-order valence-corrected chi connectivity index (χ2v) is 10.6. The zero-order valence-corrected chi connectivity index (χ0v) is 21.9. The molecule has 4 heterocycles. The van der Waals surface area contributed by atoms with Crippen molar-refractivity contribution in [1.29, 1.82) is 0 Å². The number of hydrogen-bond acceptors (Lipinski definition) is 7. The molecule has 8 nitrogen and oxygen atoms in total. The fourth-order valence-corrected chi connectivity index (χ4v) is 4.81. The van der Waals surface area contributed by atoms with E-state index >= 15 is 0 Å². The van der Waals surface area contributed by atoms with Crippen molar-refractivity contribution in [3.05, 3.63) is 59.8 Å². The lowest BCUT2D eigenvalue weighted by atomic mass is 9.94. The Kier molecular flexibility index (Phi) is 6.39. The number of aryl methyl sites for hydroxylation is 1. The van der Waals surface area contributed by atoms with E-state index in [4.69, 9.17) is 4.98 Å². The molecule has 0 aliphatic carbocycles. The van der Waals surface area contributed by atoms with Gasteiger partial charge in [0.25, 0.3) is 0 Å².